The van der Waals surface area contributed by atoms with E-state index in [1.807, 2.05) is 0 Å². The molecule has 1 N–H and O–H groups in total. The van der Waals surface area contributed by atoms with Crippen LogP contribution in [0.15, 0.2) is 0 Å². The van der Waals surface area contributed by atoms with E-state index >= 15 is 0 Å². The van der Waals surface area contributed by atoms with Crippen LogP contribution in [0.4, 0.5) is 0 Å². The number of methoxy groups -OCH3 is 1. The number of ether oxygens (including phenoxy) is 1. The molecule has 4 nitrogen and oxygen atoms in total. The second-order valence-corrected chi connectivity index (χ2v) is 8.42. The fourth-order valence-electron chi connectivity index (χ4n) is 4.46. The molecule has 2 aliphatic rings. The molecule has 1 atom stereocenters. The molecule has 152 valence electrons. The zero-order valence-corrected chi connectivity index (χ0v) is 17.0. The molecule has 26 heavy (non-hydrogen) atoms. The van der Waals surface area contributed by atoms with Gasteiger partial charge >= 0.3 is 11.9 Å². The van der Waals surface area contributed by atoms with Crippen molar-refractivity contribution in [3.8, 4) is 0 Å². The Morgan fingerprint density at radius 1 is 0.962 bits per heavy atom. The Morgan fingerprint density at radius 3 is 2.00 bits per heavy atom. The first kappa shape index (κ1) is 23.0. The van der Waals surface area contributed by atoms with Crippen molar-refractivity contribution in [3.63, 3.8) is 0 Å². The van der Waals surface area contributed by atoms with Gasteiger partial charge in [-0.15, -0.1) is 0 Å². The highest BCUT2D eigenvalue weighted by Crippen LogP contribution is 2.30. The molecule has 0 heterocycles. The summed E-state index contributed by atoms with van der Waals surface area (Å²) in [7, 11) is 1.47. The number of carbonyl (C=O) groups excluding carboxylic acids is 1. The van der Waals surface area contributed by atoms with Crippen molar-refractivity contribution >= 4 is 11.9 Å². The molecule has 4 heteroatoms. The van der Waals surface area contributed by atoms with Gasteiger partial charge in [0.1, 0.15) is 0 Å². The molecule has 0 bridgehead atoms. The van der Waals surface area contributed by atoms with Gasteiger partial charge in [0.25, 0.3) is 0 Å². The van der Waals surface area contributed by atoms with Gasteiger partial charge in [0.15, 0.2) is 0 Å². The molecule has 0 aliphatic heterocycles. The average Bonchev–Trinajstić information content (AvgIpc) is 2.63. The van der Waals surface area contributed by atoms with Gasteiger partial charge in [-0.2, -0.15) is 0 Å². The molecule has 0 aromatic carbocycles. The smallest absolute Gasteiger partial charge is 0.305 e. The third-order valence-corrected chi connectivity index (χ3v) is 5.93. The van der Waals surface area contributed by atoms with Gasteiger partial charge in [-0.1, -0.05) is 71.1 Å². The van der Waals surface area contributed by atoms with Crippen molar-refractivity contribution in [1.29, 1.82) is 0 Å². The zero-order chi connectivity index (χ0) is 19.2. The van der Waals surface area contributed by atoms with E-state index in [2.05, 4.69) is 11.7 Å². The van der Waals surface area contributed by atoms with Crippen LogP contribution in [0.5, 0.6) is 0 Å². The predicted molar refractivity (Wildman–Crippen MR) is 105 cm³/mol. The van der Waals surface area contributed by atoms with Gasteiger partial charge in [0, 0.05) is 12.8 Å². The summed E-state index contributed by atoms with van der Waals surface area (Å²) in [4.78, 5) is 21.3. The Labute approximate surface area is 160 Å². The maximum absolute atomic E-state index is 11.0. The van der Waals surface area contributed by atoms with Crippen LogP contribution in [-0.2, 0) is 14.3 Å². The molecular weight excluding hydrogens is 328 g/mol. The first-order chi connectivity index (χ1) is 12.5. The lowest BCUT2D eigenvalue weighted by Gasteiger charge is -2.24. The van der Waals surface area contributed by atoms with E-state index in [0.717, 1.165) is 24.7 Å². The summed E-state index contributed by atoms with van der Waals surface area (Å²) in [6.45, 7) is 2.16. The molecule has 0 radical (unpaired) electrons. The standard InChI is InChI=1S/C12H22O2.C10H18O2/c1-10(9-12(13)14-2)8-11-6-4-3-5-7-11;11-10(12)8-4-7-9-5-2-1-3-6-9/h10-11H,3-9H2,1-2H3;9H,1-8H2,(H,11,12). The van der Waals surface area contributed by atoms with Crippen LogP contribution in [0.2, 0.25) is 0 Å². The van der Waals surface area contributed by atoms with E-state index in [4.69, 9.17) is 5.11 Å². The van der Waals surface area contributed by atoms with E-state index in [0.29, 0.717) is 18.8 Å². The largest absolute Gasteiger partial charge is 0.481 e. The summed E-state index contributed by atoms with van der Waals surface area (Å²) in [5, 5.41) is 8.44. The van der Waals surface area contributed by atoms with Crippen molar-refractivity contribution in [2.24, 2.45) is 17.8 Å². The van der Waals surface area contributed by atoms with Crippen LogP contribution in [0, 0.1) is 17.8 Å². The first-order valence-electron chi connectivity index (χ1n) is 10.8. The van der Waals surface area contributed by atoms with Gasteiger partial charge < -0.3 is 9.84 Å². The Bertz CT molecular complexity index is 382. The maximum Gasteiger partial charge on any atom is 0.305 e. The summed E-state index contributed by atoms with van der Waals surface area (Å²) in [5.74, 6) is 1.48. The fourth-order valence-corrected chi connectivity index (χ4v) is 4.46. The zero-order valence-electron chi connectivity index (χ0n) is 17.0. The number of rotatable bonds is 8. The Kier molecular flexibility index (Phi) is 12.4. The second-order valence-electron chi connectivity index (χ2n) is 8.42. The molecule has 0 aromatic heterocycles. The van der Waals surface area contributed by atoms with Crippen LogP contribution in [0.3, 0.4) is 0 Å². The second kappa shape index (κ2) is 14.1. The van der Waals surface area contributed by atoms with Gasteiger partial charge in [0.2, 0.25) is 0 Å². The Morgan fingerprint density at radius 2 is 1.50 bits per heavy atom. The fraction of sp³-hybridized carbons (Fsp3) is 0.909. The van der Waals surface area contributed by atoms with Crippen molar-refractivity contribution in [2.75, 3.05) is 7.11 Å². The number of aliphatic carboxylic acids is 1. The lowest BCUT2D eigenvalue weighted by Crippen LogP contribution is -2.14. The van der Waals surface area contributed by atoms with Crippen LogP contribution in [-0.4, -0.2) is 24.2 Å². The molecule has 2 fully saturated rings. The SMILES string of the molecule is COC(=O)CC(C)CC1CCCCC1.O=C(O)CCCC1CCCCC1. The lowest BCUT2D eigenvalue weighted by molar-refractivity contribution is -0.141. The summed E-state index contributed by atoms with van der Waals surface area (Å²) in [5.41, 5.74) is 0. The Hall–Kier alpha value is -1.06. The van der Waals surface area contributed by atoms with Crippen LogP contribution in [0.1, 0.15) is 103 Å². The molecule has 0 saturated heterocycles. The van der Waals surface area contributed by atoms with E-state index in [9.17, 15) is 9.59 Å². The summed E-state index contributed by atoms with van der Waals surface area (Å²) >= 11 is 0. The topological polar surface area (TPSA) is 63.6 Å². The number of hydrogen-bond acceptors (Lipinski definition) is 3. The molecule has 0 spiro atoms. The molecule has 2 saturated carbocycles. The molecule has 0 aromatic rings. The molecule has 2 aliphatic carbocycles. The highest BCUT2D eigenvalue weighted by Gasteiger charge is 2.18. The lowest BCUT2D eigenvalue weighted by atomic mass is 9.82. The minimum absolute atomic E-state index is 0.0618. The quantitative estimate of drug-likeness (QED) is 0.535. The number of carboxylic acid groups (broad SMARTS) is 1. The molecule has 0 amide bonds. The highest BCUT2D eigenvalue weighted by molar-refractivity contribution is 5.69. The monoisotopic (exact) mass is 368 g/mol. The van der Waals surface area contributed by atoms with Gasteiger partial charge in [-0.3, -0.25) is 9.59 Å². The van der Waals surface area contributed by atoms with Crippen molar-refractivity contribution in [3.05, 3.63) is 0 Å². The maximum atomic E-state index is 11.0. The van der Waals surface area contributed by atoms with Gasteiger partial charge in [-0.05, 0) is 37.0 Å². The molecular formula is C22H40O4. The molecule has 1 unspecified atom stereocenters. The number of esters is 1. The summed E-state index contributed by atoms with van der Waals surface area (Å²) in [6.07, 6.45) is 17.8. The van der Waals surface area contributed by atoms with E-state index in [1.165, 1.54) is 77.7 Å². The third-order valence-electron chi connectivity index (χ3n) is 5.93. The number of carboxylic acids is 1. The van der Waals surface area contributed by atoms with E-state index < -0.39 is 5.97 Å². The first-order valence-corrected chi connectivity index (χ1v) is 10.8. The highest BCUT2D eigenvalue weighted by atomic mass is 16.5. The van der Waals surface area contributed by atoms with E-state index in [-0.39, 0.29) is 5.97 Å². The minimum atomic E-state index is -0.647. The van der Waals surface area contributed by atoms with Crippen LogP contribution in [0.25, 0.3) is 0 Å². The van der Waals surface area contributed by atoms with Gasteiger partial charge in [0.05, 0.1) is 7.11 Å². The predicted octanol–water partition coefficient (Wildman–Crippen LogP) is 5.98. The summed E-state index contributed by atoms with van der Waals surface area (Å²) < 4.78 is 4.67. The average molecular weight is 369 g/mol. The van der Waals surface area contributed by atoms with Crippen molar-refractivity contribution in [1.82, 2.24) is 0 Å². The van der Waals surface area contributed by atoms with Crippen LogP contribution < -0.4 is 0 Å². The minimum Gasteiger partial charge on any atom is -0.481 e. The third kappa shape index (κ3) is 11.5. The van der Waals surface area contributed by atoms with Crippen molar-refractivity contribution in [2.45, 2.75) is 103 Å². The van der Waals surface area contributed by atoms with Gasteiger partial charge in [-0.25, -0.2) is 0 Å². The van der Waals surface area contributed by atoms with Crippen LogP contribution >= 0.6 is 0 Å². The number of carbonyl (C=O) groups is 2. The van der Waals surface area contributed by atoms with E-state index in [1.54, 1.807) is 0 Å². The Balaban J connectivity index is 0.000000263. The summed E-state index contributed by atoms with van der Waals surface area (Å²) in [6, 6.07) is 0. The number of hydrogen-bond donors (Lipinski definition) is 1. The molecule has 2 rings (SSSR count). The van der Waals surface area contributed by atoms with Crippen molar-refractivity contribution < 1.29 is 19.4 Å². The normalized spacial score (nSPS) is 19.9.